The minimum absolute atomic E-state index is 0.107. The maximum Gasteiger partial charge on any atom is 0.242 e. The van der Waals surface area contributed by atoms with Crippen molar-refractivity contribution in [2.45, 2.75) is 26.3 Å². The Balaban J connectivity index is 2.45. The Morgan fingerprint density at radius 3 is 2.75 bits per heavy atom. The van der Waals surface area contributed by atoms with Crippen LogP contribution in [0.3, 0.4) is 0 Å². The van der Waals surface area contributed by atoms with Crippen molar-refractivity contribution in [2.24, 2.45) is 0 Å². The Morgan fingerprint density at radius 2 is 2.10 bits per heavy atom. The first-order valence-electron chi connectivity index (χ1n) is 6.35. The van der Waals surface area contributed by atoms with Gasteiger partial charge in [-0.1, -0.05) is 30.1 Å². The summed E-state index contributed by atoms with van der Waals surface area (Å²) in [5, 5.41) is 3.65. The zero-order chi connectivity index (χ0) is 14.9. The highest BCUT2D eigenvalue weighted by atomic mass is 35.5. The lowest BCUT2D eigenvalue weighted by atomic mass is 10.2. The number of fused-ring (bicyclic) bond motifs is 1. The van der Waals surface area contributed by atoms with Gasteiger partial charge in [0.1, 0.15) is 6.04 Å². The molecule has 2 aromatic rings. The van der Waals surface area contributed by atoms with E-state index in [0.717, 1.165) is 6.42 Å². The van der Waals surface area contributed by atoms with Crippen LogP contribution in [0.2, 0.25) is 10.0 Å². The van der Waals surface area contributed by atoms with Crippen LogP contribution in [0, 0.1) is 0 Å². The summed E-state index contributed by atoms with van der Waals surface area (Å²) in [4.78, 5) is 16.3. The topological polar surface area (TPSA) is 72.9 Å². The van der Waals surface area contributed by atoms with Gasteiger partial charge in [0, 0.05) is 6.54 Å². The maximum atomic E-state index is 12.1. The van der Waals surface area contributed by atoms with E-state index in [1.54, 1.807) is 23.6 Å². The van der Waals surface area contributed by atoms with Crippen LogP contribution in [0.5, 0.6) is 0 Å². The van der Waals surface area contributed by atoms with E-state index in [-0.39, 0.29) is 11.9 Å². The number of hydrogen-bond acceptors (Lipinski definition) is 3. The molecule has 0 aliphatic heterocycles. The van der Waals surface area contributed by atoms with Gasteiger partial charge in [0.25, 0.3) is 0 Å². The lowest BCUT2D eigenvalue weighted by Gasteiger charge is -2.15. The lowest BCUT2D eigenvalue weighted by Crippen LogP contribution is -2.31. The first-order valence-corrected chi connectivity index (χ1v) is 7.11. The third kappa shape index (κ3) is 2.69. The molecule has 5 nitrogen and oxygen atoms in total. The van der Waals surface area contributed by atoms with Gasteiger partial charge in [-0.2, -0.15) is 0 Å². The lowest BCUT2D eigenvalue weighted by molar-refractivity contribution is -0.123. The van der Waals surface area contributed by atoms with Crippen LogP contribution in [0.4, 0.5) is 5.95 Å². The molecule has 0 saturated carbocycles. The van der Waals surface area contributed by atoms with Crippen molar-refractivity contribution in [1.29, 1.82) is 0 Å². The number of halogens is 2. The number of rotatable bonds is 4. The molecule has 1 aromatic heterocycles. The van der Waals surface area contributed by atoms with Crippen molar-refractivity contribution in [3.05, 3.63) is 22.2 Å². The molecular formula is C13H16Cl2N4O. The smallest absolute Gasteiger partial charge is 0.242 e. The van der Waals surface area contributed by atoms with Crippen LogP contribution in [-0.4, -0.2) is 22.0 Å². The van der Waals surface area contributed by atoms with Crippen LogP contribution in [0.15, 0.2) is 12.1 Å². The molecule has 20 heavy (non-hydrogen) atoms. The highest BCUT2D eigenvalue weighted by Gasteiger charge is 2.20. The molecular weight excluding hydrogens is 299 g/mol. The van der Waals surface area contributed by atoms with Crippen LogP contribution in [0.1, 0.15) is 26.3 Å². The molecule has 7 heteroatoms. The average Bonchev–Trinajstić information content (AvgIpc) is 2.71. The number of nitrogens with zero attached hydrogens (tertiary/aromatic N) is 2. The number of carbonyl (C=O) groups excluding carboxylic acids is 1. The van der Waals surface area contributed by atoms with Crippen molar-refractivity contribution in [1.82, 2.24) is 14.9 Å². The fraction of sp³-hybridized carbons (Fsp3) is 0.385. The molecule has 108 valence electrons. The fourth-order valence-corrected chi connectivity index (χ4v) is 2.35. The van der Waals surface area contributed by atoms with E-state index in [1.807, 2.05) is 6.92 Å². The molecule has 0 bridgehead atoms. The van der Waals surface area contributed by atoms with Gasteiger partial charge in [0.15, 0.2) is 0 Å². The summed E-state index contributed by atoms with van der Waals surface area (Å²) in [5.74, 6) is 0.154. The number of hydrogen-bond donors (Lipinski definition) is 2. The van der Waals surface area contributed by atoms with Gasteiger partial charge in [0.2, 0.25) is 11.9 Å². The zero-order valence-electron chi connectivity index (χ0n) is 11.3. The molecule has 0 spiro atoms. The molecule has 1 heterocycles. The summed E-state index contributed by atoms with van der Waals surface area (Å²) < 4.78 is 1.66. The zero-order valence-corrected chi connectivity index (χ0v) is 12.8. The number of nitrogens with one attached hydrogen (secondary N) is 1. The van der Waals surface area contributed by atoms with Gasteiger partial charge in [-0.3, -0.25) is 9.36 Å². The van der Waals surface area contributed by atoms with Gasteiger partial charge in [-0.25, -0.2) is 4.98 Å². The van der Waals surface area contributed by atoms with Gasteiger partial charge >= 0.3 is 0 Å². The quantitative estimate of drug-likeness (QED) is 0.911. The number of carbonyl (C=O) groups is 1. The van der Waals surface area contributed by atoms with Crippen molar-refractivity contribution in [2.75, 3.05) is 12.3 Å². The Bertz CT molecular complexity index is 653. The Labute approximate surface area is 127 Å². The minimum Gasteiger partial charge on any atom is -0.369 e. The summed E-state index contributed by atoms with van der Waals surface area (Å²) in [6, 6.07) is 2.85. The number of anilines is 1. The third-order valence-electron chi connectivity index (χ3n) is 3.07. The average molecular weight is 315 g/mol. The first-order chi connectivity index (χ1) is 9.45. The summed E-state index contributed by atoms with van der Waals surface area (Å²) in [7, 11) is 0. The normalized spacial score (nSPS) is 12.6. The summed E-state index contributed by atoms with van der Waals surface area (Å²) in [6.07, 6.45) is 0.875. The number of nitrogen functional groups attached to an aromatic ring is 1. The number of amides is 1. The number of benzene rings is 1. The second kappa shape index (κ2) is 5.89. The van der Waals surface area contributed by atoms with E-state index in [2.05, 4.69) is 10.3 Å². The molecule has 3 N–H and O–H groups in total. The predicted molar refractivity (Wildman–Crippen MR) is 82.2 cm³/mol. The van der Waals surface area contributed by atoms with Crippen molar-refractivity contribution in [3.63, 3.8) is 0 Å². The molecule has 0 aliphatic carbocycles. The van der Waals surface area contributed by atoms with Gasteiger partial charge in [-0.05, 0) is 25.5 Å². The fourth-order valence-electron chi connectivity index (χ4n) is 2.03. The summed E-state index contributed by atoms with van der Waals surface area (Å²) in [6.45, 7) is 4.39. The third-order valence-corrected chi connectivity index (χ3v) is 3.80. The molecule has 1 amide bonds. The first kappa shape index (κ1) is 14.9. The summed E-state index contributed by atoms with van der Waals surface area (Å²) >= 11 is 12.0. The molecule has 1 aromatic carbocycles. The van der Waals surface area contributed by atoms with Gasteiger partial charge < -0.3 is 11.1 Å². The van der Waals surface area contributed by atoms with Gasteiger partial charge in [-0.15, -0.1) is 0 Å². The molecule has 0 aliphatic rings. The molecule has 0 saturated heterocycles. The van der Waals surface area contributed by atoms with E-state index in [9.17, 15) is 4.79 Å². The highest BCUT2D eigenvalue weighted by molar-refractivity contribution is 6.42. The van der Waals surface area contributed by atoms with Crippen molar-refractivity contribution in [3.8, 4) is 0 Å². The van der Waals surface area contributed by atoms with E-state index >= 15 is 0 Å². The monoisotopic (exact) mass is 314 g/mol. The second-order valence-electron chi connectivity index (χ2n) is 4.56. The molecule has 1 unspecified atom stereocenters. The Kier molecular flexibility index (Phi) is 4.40. The van der Waals surface area contributed by atoms with E-state index < -0.39 is 6.04 Å². The van der Waals surface area contributed by atoms with Crippen LogP contribution in [0.25, 0.3) is 11.0 Å². The summed E-state index contributed by atoms with van der Waals surface area (Å²) in [5.41, 5.74) is 7.21. The van der Waals surface area contributed by atoms with E-state index in [0.29, 0.717) is 27.6 Å². The minimum atomic E-state index is -0.469. The Morgan fingerprint density at radius 1 is 1.45 bits per heavy atom. The molecule has 0 radical (unpaired) electrons. The van der Waals surface area contributed by atoms with E-state index in [1.165, 1.54) is 0 Å². The predicted octanol–water partition coefficient (Wildman–Crippen LogP) is 3.01. The largest absolute Gasteiger partial charge is 0.369 e. The highest BCUT2D eigenvalue weighted by Crippen LogP contribution is 2.30. The second-order valence-corrected chi connectivity index (χ2v) is 5.38. The standard InChI is InChI=1S/C13H16Cl2N4O/c1-3-4-17-12(20)7(2)19-11-6-9(15)8(14)5-10(11)18-13(19)16/h5-7H,3-4H2,1-2H3,(H2,16,18)(H,17,20). The van der Waals surface area contributed by atoms with Crippen LogP contribution in [-0.2, 0) is 4.79 Å². The van der Waals surface area contributed by atoms with Crippen molar-refractivity contribution >= 4 is 46.1 Å². The maximum absolute atomic E-state index is 12.1. The van der Waals surface area contributed by atoms with Crippen LogP contribution >= 0.6 is 23.2 Å². The van der Waals surface area contributed by atoms with Gasteiger partial charge in [0.05, 0.1) is 21.1 Å². The number of nitrogens with two attached hydrogens (primary N) is 1. The van der Waals surface area contributed by atoms with Crippen molar-refractivity contribution < 1.29 is 4.79 Å². The molecule has 1 atom stereocenters. The van der Waals surface area contributed by atoms with E-state index in [4.69, 9.17) is 28.9 Å². The number of aromatic nitrogens is 2. The van der Waals surface area contributed by atoms with Crippen LogP contribution < -0.4 is 11.1 Å². The molecule has 0 fully saturated rings. The molecule has 2 rings (SSSR count). The Hall–Kier alpha value is -1.46. The SMILES string of the molecule is CCCNC(=O)C(C)n1c(N)nc2cc(Cl)c(Cl)cc21. The number of imidazole rings is 1.